The van der Waals surface area contributed by atoms with Gasteiger partial charge in [-0.25, -0.2) is 9.37 Å². The molecule has 1 aliphatic rings. The number of anilines is 1. The van der Waals surface area contributed by atoms with Crippen LogP contribution in [0, 0.1) is 18.7 Å². The number of hydrogen-bond donors (Lipinski definition) is 2. The van der Waals surface area contributed by atoms with Gasteiger partial charge in [-0.3, -0.25) is 0 Å². The number of aryl methyl sites for hydroxylation is 1. The van der Waals surface area contributed by atoms with Gasteiger partial charge in [-0.2, -0.15) is 4.98 Å². The Balaban J connectivity index is 1.95. The summed E-state index contributed by atoms with van der Waals surface area (Å²) in [5, 5.41) is 6.47. The van der Waals surface area contributed by atoms with Crippen molar-refractivity contribution in [3.8, 4) is 0 Å². The lowest BCUT2D eigenvalue weighted by Gasteiger charge is -2.29. The quantitative estimate of drug-likeness (QED) is 0.836. The average molecular weight is 287 g/mol. The van der Waals surface area contributed by atoms with Gasteiger partial charge < -0.3 is 10.6 Å². The van der Waals surface area contributed by atoms with Crippen LogP contribution in [0.2, 0.25) is 5.28 Å². The molecule has 1 heterocycles. The molecule has 2 atom stereocenters. The van der Waals surface area contributed by atoms with Crippen LogP contribution in [-0.2, 0) is 0 Å². The highest BCUT2D eigenvalue weighted by molar-refractivity contribution is 6.28. The molecule has 2 N–H and O–H groups in total. The van der Waals surface area contributed by atoms with Crippen LogP contribution in [0.4, 0.5) is 10.2 Å². The number of nitrogens with zero attached hydrogens (tertiary/aromatic N) is 2. The summed E-state index contributed by atoms with van der Waals surface area (Å²) < 4.78 is 13.8. The zero-order valence-corrected chi connectivity index (χ0v) is 12.1. The Morgan fingerprint density at radius 2 is 2.16 bits per heavy atom. The summed E-state index contributed by atoms with van der Waals surface area (Å²) in [6.07, 6.45) is 4.72. The van der Waals surface area contributed by atoms with E-state index >= 15 is 0 Å². The number of hydrogen-bond acceptors (Lipinski definition) is 4. The van der Waals surface area contributed by atoms with Crippen LogP contribution in [0.3, 0.4) is 0 Å². The second kappa shape index (κ2) is 6.48. The Bertz CT molecular complexity index is 441. The molecule has 1 saturated carbocycles. The fourth-order valence-corrected chi connectivity index (χ4v) is 2.83. The number of nitrogens with one attached hydrogen (secondary N) is 2. The molecule has 19 heavy (non-hydrogen) atoms. The SMILES string of the molecule is CN[C@@H]1CCC[C@H](CNc2nc(Cl)nc(C)c2F)C1. The van der Waals surface area contributed by atoms with Crippen molar-refractivity contribution in [2.75, 3.05) is 18.9 Å². The average Bonchev–Trinajstić information content (AvgIpc) is 2.41. The fourth-order valence-electron chi connectivity index (χ4n) is 2.62. The first-order chi connectivity index (χ1) is 9.10. The van der Waals surface area contributed by atoms with Crippen molar-refractivity contribution in [3.63, 3.8) is 0 Å². The van der Waals surface area contributed by atoms with Crippen LogP contribution in [0.15, 0.2) is 0 Å². The molecule has 2 rings (SSSR count). The van der Waals surface area contributed by atoms with Gasteiger partial charge >= 0.3 is 0 Å². The van der Waals surface area contributed by atoms with Gasteiger partial charge in [0.15, 0.2) is 11.6 Å². The highest BCUT2D eigenvalue weighted by Gasteiger charge is 2.21. The van der Waals surface area contributed by atoms with Gasteiger partial charge in [0, 0.05) is 12.6 Å². The minimum Gasteiger partial charge on any atom is -0.367 e. The molecule has 0 amide bonds. The number of rotatable bonds is 4. The monoisotopic (exact) mass is 286 g/mol. The van der Waals surface area contributed by atoms with E-state index < -0.39 is 5.82 Å². The molecular weight excluding hydrogens is 267 g/mol. The molecule has 6 heteroatoms. The van der Waals surface area contributed by atoms with Gasteiger partial charge in [-0.05, 0) is 50.8 Å². The largest absolute Gasteiger partial charge is 0.367 e. The van der Waals surface area contributed by atoms with Gasteiger partial charge in [0.05, 0.1) is 5.69 Å². The number of aromatic nitrogens is 2. The van der Waals surface area contributed by atoms with Crippen molar-refractivity contribution in [2.45, 2.75) is 38.6 Å². The van der Waals surface area contributed by atoms with E-state index in [1.807, 2.05) is 7.05 Å². The summed E-state index contributed by atoms with van der Waals surface area (Å²) >= 11 is 5.75. The zero-order valence-electron chi connectivity index (χ0n) is 11.3. The van der Waals surface area contributed by atoms with Crippen LogP contribution in [0.1, 0.15) is 31.4 Å². The zero-order chi connectivity index (χ0) is 13.8. The van der Waals surface area contributed by atoms with Gasteiger partial charge in [-0.1, -0.05) is 6.42 Å². The van der Waals surface area contributed by atoms with E-state index in [4.69, 9.17) is 11.6 Å². The smallest absolute Gasteiger partial charge is 0.224 e. The third-order valence-electron chi connectivity index (χ3n) is 3.74. The lowest BCUT2D eigenvalue weighted by Crippen LogP contribution is -2.33. The molecule has 0 aliphatic heterocycles. The third-order valence-corrected chi connectivity index (χ3v) is 3.91. The summed E-state index contributed by atoms with van der Waals surface area (Å²) in [5.74, 6) is 0.342. The minimum atomic E-state index is -0.412. The van der Waals surface area contributed by atoms with Gasteiger partial charge in [0.25, 0.3) is 0 Å². The van der Waals surface area contributed by atoms with E-state index in [1.165, 1.54) is 19.3 Å². The summed E-state index contributed by atoms with van der Waals surface area (Å²) in [6, 6.07) is 0.570. The van der Waals surface area contributed by atoms with Crippen molar-refractivity contribution in [1.29, 1.82) is 0 Å². The maximum Gasteiger partial charge on any atom is 0.224 e. The van der Waals surface area contributed by atoms with Crippen LogP contribution in [0.5, 0.6) is 0 Å². The van der Waals surface area contributed by atoms with E-state index in [1.54, 1.807) is 6.92 Å². The third kappa shape index (κ3) is 3.76. The summed E-state index contributed by atoms with van der Waals surface area (Å²) in [7, 11) is 1.99. The predicted molar refractivity (Wildman–Crippen MR) is 75.0 cm³/mol. The summed E-state index contributed by atoms with van der Waals surface area (Å²) in [5.41, 5.74) is 0.277. The van der Waals surface area contributed by atoms with E-state index in [9.17, 15) is 4.39 Å². The van der Waals surface area contributed by atoms with Gasteiger partial charge in [0.2, 0.25) is 5.28 Å². The molecule has 0 unspecified atom stereocenters. The first kappa shape index (κ1) is 14.5. The Kier molecular flexibility index (Phi) is 4.93. The van der Waals surface area contributed by atoms with Crippen molar-refractivity contribution >= 4 is 17.4 Å². The highest BCUT2D eigenvalue weighted by Crippen LogP contribution is 2.25. The van der Waals surface area contributed by atoms with Crippen LogP contribution >= 0.6 is 11.6 Å². The molecule has 4 nitrogen and oxygen atoms in total. The second-order valence-electron chi connectivity index (χ2n) is 5.14. The van der Waals surface area contributed by atoms with Crippen LogP contribution in [0.25, 0.3) is 0 Å². The molecule has 0 saturated heterocycles. The van der Waals surface area contributed by atoms with Crippen LogP contribution in [-0.4, -0.2) is 29.6 Å². The lowest BCUT2D eigenvalue weighted by molar-refractivity contribution is 0.306. The molecule has 1 aliphatic carbocycles. The van der Waals surface area contributed by atoms with Crippen LogP contribution < -0.4 is 10.6 Å². The molecule has 106 valence electrons. The van der Waals surface area contributed by atoms with E-state index in [2.05, 4.69) is 20.6 Å². The van der Waals surface area contributed by atoms with Crippen molar-refractivity contribution in [1.82, 2.24) is 15.3 Å². The maximum absolute atomic E-state index is 13.8. The Morgan fingerprint density at radius 3 is 2.89 bits per heavy atom. The van der Waals surface area contributed by atoms with Crippen molar-refractivity contribution in [3.05, 3.63) is 16.8 Å². The normalized spacial score (nSPS) is 23.4. The Morgan fingerprint density at radius 1 is 1.37 bits per heavy atom. The standard InChI is InChI=1S/C13H20ClFN4/c1-8-11(15)12(19-13(14)18-8)17-7-9-4-3-5-10(6-9)16-2/h9-10,16H,3-7H2,1-2H3,(H,17,18,19)/t9-,10+/m0/s1. The Labute approximate surface area is 118 Å². The summed E-state index contributed by atoms with van der Waals surface area (Å²) in [4.78, 5) is 7.69. The molecular formula is C13H20ClFN4. The molecule has 1 aromatic heterocycles. The molecule has 1 aromatic rings. The minimum absolute atomic E-state index is 0.0816. The van der Waals surface area contributed by atoms with Crippen molar-refractivity contribution < 1.29 is 4.39 Å². The predicted octanol–water partition coefficient (Wildman–Crippen LogP) is 2.77. The van der Waals surface area contributed by atoms with Gasteiger partial charge in [-0.15, -0.1) is 0 Å². The fraction of sp³-hybridized carbons (Fsp3) is 0.692. The van der Waals surface area contributed by atoms with E-state index in [0.717, 1.165) is 13.0 Å². The first-order valence-corrected chi connectivity index (χ1v) is 7.08. The molecule has 0 bridgehead atoms. The topological polar surface area (TPSA) is 49.8 Å². The molecule has 0 aromatic carbocycles. The van der Waals surface area contributed by atoms with Crippen molar-refractivity contribution in [2.24, 2.45) is 5.92 Å². The second-order valence-corrected chi connectivity index (χ2v) is 5.48. The molecule has 0 radical (unpaired) electrons. The molecule has 0 spiro atoms. The highest BCUT2D eigenvalue weighted by atomic mass is 35.5. The summed E-state index contributed by atoms with van der Waals surface area (Å²) in [6.45, 7) is 2.31. The Hall–Kier alpha value is -0.940. The first-order valence-electron chi connectivity index (χ1n) is 6.71. The number of halogens is 2. The van der Waals surface area contributed by atoms with E-state index in [-0.39, 0.29) is 16.8 Å². The molecule has 1 fully saturated rings. The lowest BCUT2D eigenvalue weighted by atomic mass is 9.86. The van der Waals surface area contributed by atoms with E-state index in [0.29, 0.717) is 12.0 Å². The van der Waals surface area contributed by atoms with Gasteiger partial charge in [0.1, 0.15) is 0 Å². The maximum atomic E-state index is 13.8.